The molecule has 0 aliphatic heterocycles. The third-order valence-electron chi connectivity index (χ3n) is 2.25. The van der Waals surface area contributed by atoms with Crippen molar-refractivity contribution in [2.45, 2.75) is 0 Å². The number of carbonyl (C=O) groups excluding carboxylic acids is 1. The Bertz CT molecular complexity index is 618. The number of benzene rings is 2. The average Bonchev–Trinajstić information content (AvgIpc) is 2.37. The van der Waals surface area contributed by atoms with Crippen LogP contribution in [0.5, 0.6) is 5.75 Å². The van der Waals surface area contributed by atoms with E-state index in [4.69, 9.17) is 10.00 Å². The second-order valence-electron chi connectivity index (χ2n) is 3.36. The Labute approximate surface area is 98.6 Å². The second-order valence-corrected chi connectivity index (χ2v) is 3.36. The third kappa shape index (κ3) is 2.50. The molecule has 0 aromatic heterocycles. The Morgan fingerprint density at radius 2 is 1.94 bits per heavy atom. The van der Waals surface area contributed by atoms with Crippen LogP contribution >= 0.6 is 0 Å². The summed E-state index contributed by atoms with van der Waals surface area (Å²) < 4.78 is 5.15. The van der Waals surface area contributed by atoms with Crippen LogP contribution in [0.2, 0.25) is 0 Å². The summed E-state index contributed by atoms with van der Waals surface area (Å²) in [5.74, 6) is -0.0569. The van der Waals surface area contributed by atoms with Crippen LogP contribution in [0.15, 0.2) is 54.6 Å². The lowest BCUT2D eigenvalue weighted by Crippen LogP contribution is -2.03. The van der Waals surface area contributed by atoms with Crippen molar-refractivity contribution in [3.05, 3.63) is 54.6 Å². The molecule has 0 fully saturated rings. The van der Waals surface area contributed by atoms with E-state index < -0.39 is 5.97 Å². The predicted octanol–water partition coefficient (Wildman–Crippen LogP) is 2.82. The van der Waals surface area contributed by atoms with Gasteiger partial charge in [-0.15, -0.1) is 0 Å². The Morgan fingerprint density at radius 1 is 1.18 bits per heavy atom. The number of carbonyl (C=O) groups is 1. The summed E-state index contributed by atoms with van der Waals surface area (Å²) in [7, 11) is 0. The summed E-state index contributed by atoms with van der Waals surface area (Å²) in [5, 5.41) is 10.2. The molecule has 0 bridgehead atoms. The number of ether oxygens (including phenoxy) is 1. The van der Waals surface area contributed by atoms with Crippen molar-refractivity contribution < 1.29 is 9.53 Å². The number of hydrogen-bond donors (Lipinski definition) is 0. The van der Waals surface area contributed by atoms with Crippen LogP contribution in [0, 0.1) is 11.3 Å². The lowest BCUT2D eigenvalue weighted by molar-refractivity contribution is -0.128. The van der Waals surface area contributed by atoms with Crippen LogP contribution in [0.3, 0.4) is 0 Å². The molecule has 0 spiro atoms. The van der Waals surface area contributed by atoms with E-state index in [1.807, 2.05) is 36.4 Å². The molecule has 2 aromatic carbocycles. The molecule has 17 heavy (non-hydrogen) atoms. The van der Waals surface area contributed by atoms with Crippen molar-refractivity contribution >= 4 is 16.7 Å². The van der Waals surface area contributed by atoms with Gasteiger partial charge < -0.3 is 4.74 Å². The molecule has 0 saturated carbocycles. The molecule has 2 aromatic rings. The van der Waals surface area contributed by atoms with Gasteiger partial charge in [0.25, 0.3) is 0 Å². The standard InChI is InChI=1S/C14H9NO2/c15-10-4-9-14(16)17-13-8-3-6-11-5-1-2-7-12(11)13/h1-9H. The maximum atomic E-state index is 11.4. The number of allylic oxidation sites excluding steroid dienone is 1. The Kier molecular flexibility index (Phi) is 3.18. The molecule has 0 unspecified atom stereocenters. The van der Waals surface area contributed by atoms with Crippen LogP contribution < -0.4 is 4.74 Å². The van der Waals surface area contributed by atoms with Crippen molar-refractivity contribution in [1.82, 2.24) is 0 Å². The highest BCUT2D eigenvalue weighted by Gasteiger charge is 2.04. The Hall–Kier alpha value is -2.60. The van der Waals surface area contributed by atoms with Crippen LogP contribution in [0.4, 0.5) is 0 Å². The van der Waals surface area contributed by atoms with Gasteiger partial charge in [0.1, 0.15) is 5.75 Å². The SMILES string of the molecule is N#CC=CC(=O)Oc1cccc2ccccc12. The van der Waals surface area contributed by atoms with Crippen LogP contribution in [0.25, 0.3) is 10.8 Å². The van der Waals surface area contributed by atoms with Crippen molar-refractivity contribution in [3.63, 3.8) is 0 Å². The van der Waals surface area contributed by atoms with Gasteiger partial charge in [0.05, 0.1) is 6.07 Å². The van der Waals surface area contributed by atoms with Crippen LogP contribution in [-0.4, -0.2) is 5.97 Å². The molecule has 0 aliphatic rings. The quantitative estimate of drug-likeness (QED) is 0.340. The number of nitrogens with zero attached hydrogens (tertiary/aromatic N) is 1. The average molecular weight is 223 g/mol. The predicted molar refractivity (Wildman–Crippen MR) is 64.3 cm³/mol. The van der Waals surface area contributed by atoms with Gasteiger partial charge in [0.2, 0.25) is 0 Å². The van der Waals surface area contributed by atoms with Gasteiger partial charge in [-0.05, 0) is 11.5 Å². The molecule has 0 amide bonds. The van der Waals surface area contributed by atoms with Crippen molar-refractivity contribution in [2.75, 3.05) is 0 Å². The second kappa shape index (κ2) is 4.95. The first-order chi connectivity index (χ1) is 8.31. The van der Waals surface area contributed by atoms with E-state index in [0.29, 0.717) is 5.75 Å². The number of hydrogen-bond acceptors (Lipinski definition) is 3. The van der Waals surface area contributed by atoms with Crippen LogP contribution in [-0.2, 0) is 4.79 Å². The Balaban J connectivity index is 2.34. The molecule has 0 aliphatic carbocycles. The van der Waals surface area contributed by atoms with Gasteiger partial charge >= 0.3 is 5.97 Å². The van der Waals surface area contributed by atoms with E-state index in [9.17, 15) is 4.79 Å². The highest BCUT2D eigenvalue weighted by atomic mass is 16.5. The van der Waals surface area contributed by atoms with Gasteiger partial charge in [-0.1, -0.05) is 36.4 Å². The molecule has 3 nitrogen and oxygen atoms in total. The van der Waals surface area contributed by atoms with Gasteiger partial charge in [-0.2, -0.15) is 5.26 Å². The first-order valence-electron chi connectivity index (χ1n) is 5.07. The highest BCUT2D eigenvalue weighted by Crippen LogP contribution is 2.25. The fourth-order valence-corrected chi connectivity index (χ4v) is 1.53. The highest BCUT2D eigenvalue weighted by molar-refractivity contribution is 5.92. The van der Waals surface area contributed by atoms with Crippen molar-refractivity contribution in [2.24, 2.45) is 0 Å². The largest absolute Gasteiger partial charge is 0.423 e. The molecule has 0 radical (unpaired) electrons. The number of nitriles is 1. The number of fused-ring (bicyclic) bond motifs is 1. The summed E-state index contributed by atoms with van der Waals surface area (Å²) in [5.41, 5.74) is 0. The monoisotopic (exact) mass is 223 g/mol. The first kappa shape index (κ1) is 10.9. The van der Waals surface area contributed by atoms with E-state index in [2.05, 4.69) is 0 Å². The van der Waals surface area contributed by atoms with Crippen molar-refractivity contribution in [1.29, 1.82) is 5.26 Å². The maximum absolute atomic E-state index is 11.4. The maximum Gasteiger partial charge on any atom is 0.336 e. The molecule has 2 rings (SSSR count). The molecular formula is C14H9NO2. The molecular weight excluding hydrogens is 214 g/mol. The van der Waals surface area contributed by atoms with E-state index >= 15 is 0 Å². The fourth-order valence-electron chi connectivity index (χ4n) is 1.53. The van der Waals surface area contributed by atoms with E-state index in [0.717, 1.165) is 22.9 Å². The van der Waals surface area contributed by atoms with E-state index in [1.165, 1.54) is 0 Å². The van der Waals surface area contributed by atoms with Gasteiger partial charge in [0.15, 0.2) is 0 Å². The summed E-state index contributed by atoms with van der Waals surface area (Å²) in [4.78, 5) is 11.4. The zero-order valence-electron chi connectivity index (χ0n) is 8.96. The molecule has 82 valence electrons. The fraction of sp³-hybridized carbons (Fsp3) is 0. The molecule has 3 heteroatoms. The lowest BCUT2D eigenvalue weighted by atomic mass is 10.1. The van der Waals surface area contributed by atoms with E-state index in [1.54, 1.807) is 12.1 Å². The van der Waals surface area contributed by atoms with E-state index in [-0.39, 0.29) is 0 Å². The minimum absolute atomic E-state index is 0.496. The van der Waals surface area contributed by atoms with Gasteiger partial charge in [-0.25, -0.2) is 4.79 Å². The zero-order chi connectivity index (χ0) is 12.1. The smallest absolute Gasteiger partial charge is 0.336 e. The molecule has 0 atom stereocenters. The number of esters is 1. The summed E-state index contributed by atoms with van der Waals surface area (Å²) >= 11 is 0. The van der Waals surface area contributed by atoms with Gasteiger partial charge in [-0.3, -0.25) is 0 Å². The number of rotatable bonds is 2. The summed E-state index contributed by atoms with van der Waals surface area (Å²) in [6.45, 7) is 0. The zero-order valence-corrected chi connectivity index (χ0v) is 8.96. The molecule has 0 N–H and O–H groups in total. The minimum atomic E-state index is -0.553. The summed E-state index contributed by atoms with van der Waals surface area (Å²) in [6, 6.07) is 14.8. The Morgan fingerprint density at radius 3 is 2.76 bits per heavy atom. The van der Waals surface area contributed by atoms with Crippen molar-refractivity contribution in [3.8, 4) is 11.8 Å². The molecule has 0 heterocycles. The normalized spacial score (nSPS) is 10.3. The minimum Gasteiger partial charge on any atom is -0.423 e. The summed E-state index contributed by atoms with van der Waals surface area (Å²) in [6.07, 6.45) is 2.19. The topological polar surface area (TPSA) is 50.1 Å². The van der Waals surface area contributed by atoms with Crippen LogP contribution in [0.1, 0.15) is 0 Å². The van der Waals surface area contributed by atoms with Gasteiger partial charge in [0, 0.05) is 17.5 Å². The lowest BCUT2D eigenvalue weighted by Gasteiger charge is -2.05. The first-order valence-corrected chi connectivity index (χ1v) is 5.07. The molecule has 0 saturated heterocycles. The third-order valence-corrected chi connectivity index (χ3v) is 2.25.